The Morgan fingerprint density at radius 3 is 2.78 bits per heavy atom. The molecule has 2 heterocycles. The van der Waals surface area contributed by atoms with Gasteiger partial charge < -0.3 is 5.43 Å². The third-order valence-corrected chi connectivity index (χ3v) is 2.95. The van der Waals surface area contributed by atoms with Crippen molar-refractivity contribution < 1.29 is 0 Å². The Balaban J connectivity index is 2.54. The first-order valence-corrected chi connectivity index (χ1v) is 6.49. The van der Waals surface area contributed by atoms with Crippen LogP contribution in [-0.2, 0) is 6.42 Å². The standard InChI is InChI=1S/C11H15BrN6/c1-3-4-9-15-10(17-13)7(2)11(16-9)18-6-8(12)5-14-18/h5-6H,3-4,13H2,1-2H3,(H,15,16,17). The molecule has 0 aliphatic carbocycles. The Kier molecular flexibility index (Phi) is 3.93. The van der Waals surface area contributed by atoms with Crippen LogP contribution in [0.2, 0.25) is 0 Å². The monoisotopic (exact) mass is 310 g/mol. The molecule has 2 rings (SSSR count). The summed E-state index contributed by atoms with van der Waals surface area (Å²) in [6.45, 7) is 4.00. The van der Waals surface area contributed by atoms with E-state index in [-0.39, 0.29) is 0 Å². The lowest BCUT2D eigenvalue weighted by atomic mass is 10.2. The minimum absolute atomic E-state index is 0.634. The molecule has 0 aliphatic rings. The van der Waals surface area contributed by atoms with Gasteiger partial charge in [0, 0.05) is 18.2 Å². The summed E-state index contributed by atoms with van der Waals surface area (Å²) in [6.07, 6.45) is 5.36. The molecule has 0 unspecified atom stereocenters. The first-order chi connectivity index (χ1) is 8.65. The number of rotatable bonds is 4. The van der Waals surface area contributed by atoms with Gasteiger partial charge in [-0.15, -0.1) is 0 Å². The second-order valence-electron chi connectivity index (χ2n) is 3.93. The first-order valence-electron chi connectivity index (χ1n) is 5.70. The van der Waals surface area contributed by atoms with E-state index in [0.29, 0.717) is 5.82 Å². The number of aromatic nitrogens is 4. The lowest BCUT2D eigenvalue weighted by Crippen LogP contribution is -2.15. The molecule has 0 amide bonds. The fourth-order valence-electron chi connectivity index (χ4n) is 1.67. The summed E-state index contributed by atoms with van der Waals surface area (Å²) < 4.78 is 2.61. The normalized spacial score (nSPS) is 10.7. The molecule has 0 aromatic carbocycles. The van der Waals surface area contributed by atoms with Gasteiger partial charge in [-0.1, -0.05) is 6.92 Å². The summed E-state index contributed by atoms with van der Waals surface area (Å²) in [7, 11) is 0. The highest BCUT2D eigenvalue weighted by Crippen LogP contribution is 2.20. The fourth-order valence-corrected chi connectivity index (χ4v) is 1.95. The second kappa shape index (κ2) is 5.45. The summed E-state index contributed by atoms with van der Waals surface area (Å²) in [5.41, 5.74) is 3.48. The molecule has 0 radical (unpaired) electrons. The number of nitrogen functional groups attached to an aromatic ring is 1. The average molecular weight is 311 g/mol. The van der Waals surface area contributed by atoms with Crippen molar-refractivity contribution in [2.75, 3.05) is 5.43 Å². The number of halogens is 1. The molecule has 6 nitrogen and oxygen atoms in total. The van der Waals surface area contributed by atoms with Crippen LogP contribution in [-0.4, -0.2) is 19.7 Å². The summed E-state index contributed by atoms with van der Waals surface area (Å²) in [4.78, 5) is 8.90. The number of aryl methyl sites for hydroxylation is 1. The highest BCUT2D eigenvalue weighted by molar-refractivity contribution is 9.10. The van der Waals surface area contributed by atoms with Gasteiger partial charge in [0.25, 0.3) is 0 Å². The van der Waals surface area contributed by atoms with Gasteiger partial charge in [-0.05, 0) is 29.3 Å². The number of hydrogen-bond acceptors (Lipinski definition) is 5. The van der Waals surface area contributed by atoms with Gasteiger partial charge in [-0.3, -0.25) is 0 Å². The zero-order valence-electron chi connectivity index (χ0n) is 10.3. The average Bonchev–Trinajstić information content (AvgIpc) is 2.78. The van der Waals surface area contributed by atoms with E-state index >= 15 is 0 Å². The van der Waals surface area contributed by atoms with Crippen molar-refractivity contribution in [3.8, 4) is 5.82 Å². The highest BCUT2D eigenvalue weighted by Gasteiger charge is 2.12. The van der Waals surface area contributed by atoms with Gasteiger partial charge in [0.05, 0.1) is 10.7 Å². The van der Waals surface area contributed by atoms with Crippen LogP contribution < -0.4 is 11.3 Å². The fraction of sp³-hybridized carbons (Fsp3) is 0.364. The van der Waals surface area contributed by atoms with E-state index in [1.54, 1.807) is 10.9 Å². The zero-order valence-corrected chi connectivity index (χ0v) is 11.9. The molecule has 0 atom stereocenters. The van der Waals surface area contributed by atoms with Gasteiger partial charge in [0.15, 0.2) is 5.82 Å². The van der Waals surface area contributed by atoms with Gasteiger partial charge in [0.2, 0.25) is 0 Å². The van der Waals surface area contributed by atoms with E-state index in [1.165, 1.54) is 0 Å². The van der Waals surface area contributed by atoms with Crippen molar-refractivity contribution in [2.45, 2.75) is 26.7 Å². The molecule has 0 spiro atoms. The molecule has 18 heavy (non-hydrogen) atoms. The number of nitrogens with zero attached hydrogens (tertiary/aromatic N) is 4. The predicted molar refractivity (Wildman–Crippen MR) is 73.4 cm³/mol. The molecule has 0 fully saturated rings. The Hall–Kier alpha value is -1.47. The van der Waals surface area contributed by atoms with Crippen LogP contribution in [0.25, 0.3) is 5.82 Å². The van der Waals surface area contributed by atoms with E-state index in [4.69, 9.17) is 5.84 Å². The SMILES string of the molecule is CCCc1nc(NN)c(C)c(-n2cc(Br)cn2)n1. The summed E-state index contributed by atoms with van der Waals surface area (Å²) in [5.74, 6) is 7.63. The number of hydrogen-bond donors (Lipinski definition) is 2. The van der Waals surface area contributed by atoms with Crippen molar-refractivity contribution in [1.29, 1.82) is 0 Å². The maximum Gasteiger partial charge on any atom is 0.162 e. The number of anilines is 1. The molecule has 0 saturated carbocycles. The van der Waals surface area contributed by atoms with Crippen molar-refractivity contribution in [3.05, 3.63) is 28.3 Å². The Labute approximate surface area is 114 Å². The van der Waals surface area contributed by atoms with Crippen LogP contribution in [0, 0.1) is 6.92 Å². The van der Waals surface area contributed by atoms with E-state index in [0.717, 1.165) is 34.5 Å². The zero-order chi connectivity index (χ0) is 13.1. The van der Waals surface area contributed by atoms with Crippen LogP contribution in [0.4, 0.5) is 5.82 Å². The van der Waals surface area contributed by atoms with Gasteiger partial charge >= 0.3 is 0 Å². The summed E-state index contributed by atoms with van der Waals surface area (Å²) in [6, 6.07) is 0. The molecule has 0 bridgehead atoms. The topological polar surface area (TPSA) is 81.6 Å². The quantitative estimate of drug-likeness (QED) is 0.666. The van der Waals surface area contributed by atoms with Crippen LogP contribution >= 0.6 is 15.9 Å². The summed E-state index contributed by atoms with van der Waals surface area (Å²) in [5, 5.41) is 4.23. The van der Waals surface area contributed by atoms with Crippen molar-refractivity contribution >= 4 is 21.7 Å². The molecule has 7 heteroatoms. The van der Waals surface area contributed by atoms with E-state index in [2.05, 4.69) is 43.3 Å². The first kappa shape index (κ1) is 13.0. The maximum absolute atomic E-state index is 5.49. The Morgan fingerprint density at radius 1 is 1.44 bits per heavy atom. The lowest BCUT2D eigenvalue weighted by molar-refractivity contribution is 0.777. The van der Waals surface area contributed by atoms with Gasteiger partial charge in [0.1, 0.15) is 11.6 Å². The Morgan fingerprint density at radius 2 is 2.22 bits per heavy atom. The lowest BCUT2D eigenvalue weighted by Gasteiger charge is -2.11. The molecule has 0 saturated heterocycles. The number of nitrogens with two attached hydrogens (primary N) is 1. The molecule has 2 aromatic rings. The van der Waals surface area contributed by atoms with Gasteiger partial charge in [-0.2, -0.15) is 5.10 Å². The van der Waals surface area contributed by atoms with E-state index in [1.807, 2.05) is 13.1 Å². The maximum atomic E-state index is 5.49. The number of hydrazine groups is 1. The van der Waals surface area contributed by atoms with Crippen LogP contribution in [0.3, 0.4) is 0 Å². The van der Waals surface area contributed by atoms with Gasteiger partial charge in [-0.25, -0.2) is 20.5 Å². The molecular formula is C11H15BrN6. The van der Waals surface area contributed by atoms with Crippen LogP contribution in [0.15, 0.2) is 16.9 Å². The Bertz CT molecular complexity index is 550. The van der Waals surface area contributed by atoms with E-state index < -0.39 is 0 Å². The van der Waals surface area contributed by atoms with Crippen LogP contribution in [0.1, 0.15) is 24.7 Å². The third-order valence-electron chi connectivity index (χ3n) is 2.54. The van der Waals surface area contributed by atoms with E-state index in [9.17, 15) is 0 Å². The predicted octanol–water partition coefficient (Wildman–Crippen LogP) is 1.97. The third kappa shape index (κ3) is 2.51. The molecule has 96 valence electrons. The van der Waals surface area contributed by atoms with Crippen molar-refractivity contribution in [2.24, 2.45) is 5.84 Å². The second-order valence-corrected chi connectivity index (χ2v) is 4.85. The molecular weight excluding hydrogens is 296 g/mol. The largest absolute Gasteiger partial charge is 0.308 e. The van der Waals surface area contributed by atoms with Crippen molar-refractivity contribution in [3.63, 3.8) is 0 Å². The van der Waals surface area contributed by atoms with Crippen molar-refractivity contribution in [1.82, 2.24) is 19.7 Å². The number of nitrogens with one attached hydrogen (secondary N) is 1. The minimum Gasteiger partial charge on any atom is -0.308 e. The highest BCUT2D eigenvalue weighted by atomic mass is 79.9. The molecule has 2 aromatic heterocycles. The molecule has 0 aliphatic heterocycles. The molecule has 3 N–H and O–H groups in total. The van der Waals surface area contributed by atoms with Crippen LogP contribution in [0.5, 0.6) is 0 Å². The minimum atomic E-state index is 0.634. The smallest absolute Gasteiger partial charge is 0.162 e. The summed E-state index contributed by atoms with van der Waals surface area (Å²) >= 11 is 3.37.